The van der Waals surface area contributed by atoms with E-state index in [2.05, 4.69) is 4.98 Å². The van der Waals surface area contributed by atoms with Crippen LogP contribution in [-0.2, 0) is 4.79 Å². The summed E-state index contributed by atoms with van der Waals surface area (Å²) in [6.07, 6.45) is 0. The molecule has 3 aromatic rings. The molecule has 0 saturated carbocycles. The van der Waals surface area contributed by atoms with E-state index in [1.807, 2.05) is 32.0 Å². The molecular weight excluding hydrogens is 416 g/mol. The minimum Gasteiger partial charge on any atom is -0.497 e. The monoisotopic (exact) mass is 438 g/mol. The van der Waals surface area contributed by atoms with Gasteiger partial charge in [-0.2, -0.15) is 0 Å². The van der Waals surface area contributed by atoms with Crippen molar-refractivity contribution < 1.29 is 23.8 Å². The van der Waals surface area contributed by atoms with E-state index in [0.29, 0.717) is 28.5 Å². The summed E-state index contributed by atoms with van der Waals surface area (Å²) < 4.78 is 16.1. The topological polar surface area (TPSA) is 78.0 Å². The minimum atomic E-state index is -0.281. The molecule has 1 aliphatic rings. The lowest BCUT2D eigenvalue weighted by molar-refractivity contribution is -0.121. The Morgan fingerprint density at radius 3 is 2.65 bits per heavy atom. The van der Waals surface area contributed by atoms with Crippen LogP contribution >= 0.6 is 11.3 Å². The molecule has 160 valence electrons. The maximum absolute atomic E-state index is 13.1. The smallest absolute Gasteiger partial charge is 0.265 e. The maximum atomic E-state index is 13.1. The molecule has 1 aromatic heterocycles. The highest BCUT2D eigenvalue weighted by atomic mass is 32.1. The highest BCUT2D eigenvalue weighted by molar-refractivity contribution is 7.11. The Labute approximate surface area is 184 Å². The van der Waals surface area contributed by atoms with E-state index in [1.54, 1.807) is 36.6 Å². The lowest BCUT2D eigenvalue weighted by Gasteiger charge is -2.29. The van der Waals surface area contributed by atoms with E-state index in [4.69, 9.17) is 14.2 Å². The standard InChI is InChI=1S/C23H22N2O5S/c1-13-23(24-14(2)31-13)15-5-8-20-18(9-15)25(22(27)12-30-20)11-19(26)17-7-6-16(28-3)10-21(17)29-4/h5-10H,11-12H2,1-4H3. The zero-order valence-corrected chi connectivity index (χ0v) is 18.5. The number of anilines is 1. The Morgan fingerprint density at radius 2 is 1.97 bits per heavy atom. The second kappa shape index (κ2) is 8.39. The highest BCUT2D eigenvalue weighted by Gasteiger charge is 2.29. The maximum Gasteiger partial charge on any atom is 0.265 e. The molecule has 0 bridgehead atoms. The number of thiazole rings is 1. The van der Waals surface area contributed by atoms with Crippen LogP contribution in [0.5, 0.6) is 17.2 Å². The van der Waals surface area contributed by atoms with E-state index >= 15 is 0 Å². The normalized spacial score (nSPS) is 12.9. The number of Topliss-reactive ketones (excluding diaryl/α,β-unsaturated/α-hetero) is 1. The molecule has 7 nitrogen and oxygen atoms in total. The van der Waals surface area contributed by atoms with E-state index < -0.39 is 0 Å². The van der Waals surface area contributed by atoms with Gasteiger partial charge in [0.15, 0.2) is 12.4 Å². The number of carbonyl (C=O) groups excluding carboxylic acids is 2. The zero-order valence-electron chi connectivity index (χ0n) is 17.7. The van der Waals surface area contributed by atoms with Gasteiger partial charge in [0.25, 0.3) is 5.91 Å². The van der Waals surface area contributed by atoms with E-state index in [0.717, 1.165) is 21.1 Å². The highest BCUT2D eigenvalue weighted by Crippen LogP contribution is 2.38. The predicted molar refractivity (Wildman–Crippen MR) is 119 cm³/mol. The van der Waals surface area contributed by atoms with Crippen molar-refractivity contribution in [1.29, 1.82) is 0 Å². The van der Waals surface area contributed by atoms with Crippen LogP contribution in [0.25, 0.3) is 11.3 Å². The summed E-state index contributed by atoms with van der Waals surface area (Å²) in [5, 5.41) is 0.969. The molecule has 1 aliphatic heterocycles. The quantitative estimate of drug-likeness (QED) is 0.541. The summed E-state index contributed by atoms with van der Waals surface area (Å²) in [5.41, 5.74) is 2.68. The van der Waals surface area contributed by atoms with Gasteiger partial charge in [-0.25, -0.2) is 4.98 Å². The van der Waals surface area contributed by atoms with Crippen LogP contribution in [0.2, 0.25) is 0 Å². The van der Waals surface area contributed by atoms with Gasteiger partial charge in [0.05, 0.1) is 42.7 Å². The van der Waals surface area contributed by atoms with Crippen molar-refractivity contribution >= 4 is 28.7 Å². The Morgan fingerprint density at radius 1 is 1.16 bits per heavy atom. The Kier molecular flexibility index (Phi) is 5.65. The molecule has 0 spiro atoms. The molecule has 1 amide bonds. The Hall–Kier alpha value is -3.39. The van der Waals surface area contributed by atoms with Crippen LogP contribution in [0.3, 0.4) is 0 Å². The first-order valence-electron chi connectivity index (χ1n) is 9.68. The summed E-state index contributed by atoms with van der Waals surface area (Å²) in [6, 6.07) is 10.6. The fraction of sp³-hybridized carbons (Fsp3) is 0.261. The number of ketones is 1. The van der Waals surface area contributed by atoms with E-state index in [-0.39, 0.29) is 24.8 Å². The number of ether oxygens (including phenoxy) is 3. The largest absolute Gasteiger partial charge is 0.497 e. The molecule has 0 atom stereocenters. The van der Waals surface area contributed by atoms with Crippen LogP contribution in [-0.4, -0.2) is 44.0 Å². The van der Waals surface area contributed by atoms with Crippen molar-refractivity contribution in [3.05, 3.63) is 51.8 Å². The number of benzene rings is 2. The second-order valence-corrected chi connectivity index (χ2v) is 8.49. The molecule has 0 N–H and O–H groups in total. The molecule has 0 aliphatic carbocycles. The molecule has 0 radical (unpaired) electrons. The van der Waals surface area contributed by atoms with Crippen molar-refractivity contribution in [3.63, 3.8) is 0 Å². The molecule has 2 heterocycles. The summed E-state index contributed by atoms with van der Waals surface area (Å²) in [7, 11) is 3.04. The summed E-state index contributed by atoms with van der Waals surface area (Å²) in [4.78, 5) is 32.9. The molecule has 8 heteroatoms. The van der Waals surface area contributed by atoms with Crippen LogP contribution in [0, 0.1) is 13.8 Å². The third-order valence-electron chi connectivity index (χ3n) is 5.09. The van der Waals surface area contributed by atoms with E-state index in [9.17, 15) is 9.59 Å². The van der Waals surface area contributed by atoms with Gasteiger partial charge in [0.1, 0.15) is 17.2 Å². The van der Waals surface area contributed by atoms with Gasteiger partial charge in [-0.15, -0.1) is 11.3 Å². The summed E-state index contributed by atoms with van der Waals surface area (Å²) in [5.74, 6) is 1.01. The van der Waals surface area contributed by atoms with Gasteiger partial charge in [0, 0.05) is 16.5 Å². The molecule has 0 unspecified atom stereocenters. The van der Waals surface area contributed by atoms with Crippen molar-refractivity contribution in [1.82, 2.24) is 4.98 Å². The predicted octanol–water partition coefficient (Wildman–Crippen LogP) is 4.05. The Bertz CT molecular complexity index is 1170. The fourth-order valence-electron chi connectivity index (χ4n) is 3.58. The molecule has 0 fully saturated rings. The molecule has 2 aromatic carbocycles. The van der Waals surface area contributed by atoms with Crippen molar-refractivity contribution in [2.45, 2.75) is 13.8 Å². The van der Waals surface area contributed by atoms with Crippen LogP contribution < -0.4 is 19.1 Å². The number of fused-ring (bicyclic) bond motifs is 1. The van der Waals surface area contributed by atoms with Gasteiger partial charge in [0.2, 0.25) is 0 Å². The molecule has 0 saturated heterocycles. The lowest BCUT2D eigenvalue weighted by Crippen LogP contribution is -2.42. The number of carbonyl (C=O) groups is 2. The number of nitrogens with zero attached hydrogens (tertiary/aromatic N) is 2. The molecule has 4 rings (SSSR count). The molecular formula is C23H22N2O5S. The second-order valence-electron chi connectivity index (χ2n) is 7.08. The van der Waals surface area contributed by atoms with Crippen molar-refractivity contribution in [2.24, 2.45) is 0 Å². The number of methoxy groups -OCH3 is 2. The Balaban J connectivity index is 1.69. The zero-order chi connectivity index (χ0) is 22.1. The van der Waals surface area contributed by atoms with Crippen LogP contribution in [0.15, 0.2) is 36.4 Å². The van der Waals surface area contributed by atoms with Crippen LogP contribution in [0.1, 0.15) is 20.2 Å². The molecule has 31 heavy (non-hydrogen) atoms. The van der Waals surface area contributed by atoms with Gasteiger partial charge in [-0.3, -0.25) is 14.5 Å². The van der Waals surface area contributed by atoms with Gasteiger partial charge in [-0.05, 0) is 44.2 Å². The first-order valence-corrected chi connectivity index (χ1v) is 10.5. The van der Waals surface area contributed by atoms with Crippen LogP contribution in [0.4, 0.5) is 5.69 Å². The number of rotatable bonds is 6. The van der Waals surface area contributed by atoms with E-state index in [1.165, 1.54) is 12.0 Å². The first-order chi connectivity index (χ1) is 14.9. The van der Waals surface area contributed by atoms with Gasteiger partial charge in [-0.1, -0.05) is 0 Å². The number of hydrogen-bond donors (Lipinski definition) is 0. The van der Waals surface area contributed by atoms with Gasteiger partial charge >= 0.3 is 0 Å². The number of aromatic nitrogens is 1. The lowest BCUT2D eigenvalue weighted by atomic mass is 10.1. The minimum absolute atomic E-state index is 0.117. The third-order valence-corrected chi connectivity index (χ3v) is 5.98. The van der Waals surface area contributed by atoms with Crippen molar-refractivity contribution in [2.75, 3.05) is 32.3 Å². The summed E-state index contributed by atoms with van der Waals surface area (Å²) >= 11 is 1.62. The van der Waals surface area contributed by atoms with Gasteiger partial charge < -0.3 is 14.2 Å². The number of hydrogen-bond acceptors (Lipinski definition) is 7. The fourth-order valence-corrected chi connectivity index (χ4v) is 4.42. The average Bonchev–Trinajstić information content (AvgIpc) is 3.12. The third kappa shape index (κ3) is 3.98. The first kappa shape index (κ1) is 20.9. The number of aryl methyl sites for hydroxylation is 2. The number of amides is 1. The SMILES string of the molecule is COc1ccc(C(=O)CN2C(=O)COc3ccc(-c4nc(C)sc4C)cc32)c(OC)c1. The van der Waals surface area contributed by atoms with Crippen molar-refractivity contribution in [3.8, 4) is 28.5 Å². The average molecular weight is 439 g/mol. The summed E-state index contributed by atoms with van der Waals surface area (Å²) in [6.45, 7) is 3.72.